The minimum Gasteiger partial charge on any atom is -0.508 e. The number of rotatable bonds is 0. The van der Waals surface area contributed by atoms with Crippen LogP contribution in [0, 0.1) is 11.3 Å². The average molecular weight is 250 g/mol. The zero-order valence-electron chi connectivity index (χ0n) is 10.7. The van der Waals surface area contributed by atoms with E-state index in [-0.39, 0.29) is 5.76 Å². The zero-order valence-corrected chi connectivity index (χ0v) is 10.7. The Bertz CT molecular complexity index is 706. The van der Waals surface area contributed by atoms with Crippen molar-refractivity contribution in [2.45, 2.75) is 12.8 Å². The molecule has 3 heteroatoms. The van der Waals surface area contributed by atoms with Crippen LogP contribution in [0.1, 0.15) is 28.9 Å². The lowest BCUT2D eigenvalue weighted by atomic mass is 10.0. The first-order valence-electron chi connectivity index (χ1n) is 6.28. The minimum atomic E-state index is 0.275. The topological polar surface area (TPSA) is 49.0 Å². The SMILES string of the molecule is Cn1c2c(c3c1CC=C(O)C=C3)C(C#N)=CCC=C2. The lowest BCUT2D eigenvalue weighted by molar-refractivity contribution is 0.431. The van der Waals surface area contributed by atoms with Gasteiger partial charge >= 0.3 is 0 Å². The Labute approximate surface area is 112 Å². The number of nitrogens with zero attached hydrogens (tertiary/aromatic N) is 2. The predicted molar refractivity (Wildman–Crippen MR) is 76.1 cm³/mol. The van der Waals surface area contributed by atoms with Crippen LogP contribution in [-0.2, 0) is 13.5 Å². The third-order valence-corrected chi connectivity index (χ3v) is 3.65. The van der Waals surface area contributed by atoms with Crippen molar-refractivity contribution < 1.29 is 5.11 Å². The van der Waals surface area contributed by atoms with E-state index < -0.39 is 0 Å². The van der Waals surface area contributed by atoms with Gasteiger partial charge in [0, 0.05) is 36.0 Å². The van der Waals surface area contributed by atoms with Crippen molar-refractivity contribution in [3.63, 3.8) is 0 Å². The highest BCUT2D eigenvalue weighted by Gasteiger charge is 2.22. The maximum absolute atomic E-state index is 9.62. The van der Waals surface area contributed by atoms with Gasteiger partial charge in [-0.3, -0.25) is 0 Å². The molecular weight excluding hydrogens is 236 g/mol. The fourth-order valence-corrected chi connectivity index (χ4v) is 2.69. The van der Waals surface area contributed by atoms with Crippen molar-refractivity contribution in [2.24, 2.45) is 7.05 Å². The van der Waals surface area contributed by atoms with Gasteiger partial charge in [0.25, 0.3) is 0 Å². The molecule has 2 aliphatic carbocycles. The molecule has 0 aromatic carbocycles. The average Bonchev–Trinajstić information content (AvgIpc) is 2.61. The van der Waals surface area contributed by atoms with E-state index >= 15 is 0 Å². The Morgan fingerprint density at radius 1 is 1.26 bits per heavy atom. The Morgan fingerprint density at radius 2 is 2.11 bits per heavy atom. The van der Waals surface area contributed by atoms with E-state index in [1.807, 2.05) is 19.2 Å². The van der Waals surface area contributed by atoms with Crippen LogP contribution in [0.5, 0.6) is 0 Å². The lowest BCUT2D eigenvalue weighted by Gasteiger charge is -2.03. The van der Waals surface area contributed by atoms with E-state index in [2.05, 4.69) is 22.8 Å². The summed E-state index contributed by atoms with van der Waals surface area (Å²) >= 11 is 0. The molecule has 1 heterocycles. The third-order valence-electron chi connectivity index (χ3n) is 3.65. The Morgan fingerprint density at radius 3 is 2.89 bits per heavy atom. The summed E-state index contributed by atoms with van der Waals surface area (Å²) < 4.78 is 2.11. The van der Waals surface area contributed by atoms with Crippen LogP contribution in [0.2, 0.25) is 0 Å². The third kappa shape index (κ3) is 1.73. The first kappa shape index (κ1) is 11.6. The molecule has 0 saturated carbocycles. The molecule has 1 N–H and O–H groups in total. The molecule has 0 saturated heterocycles. The summed E-state index contributed by atoms with van der Waals surface area (Å²) in [6.45, 7) is 0. The van der Waals surface area contributed by atoms with Gasteiger partial charge in [-0.25, -0.2) is 0 Å². The quantitative estimate of drug-likeness (QED) is 0.767. The van der Waals surface area contributed by atoms with E-state index in [4.69, 9.17) is 0 Å². The fourth-order valence-electron chi connectivity index (χ4n) is 2.69. The number of fused-ring (bicyclic) bond motifs is 3. The summed E-state index contributed by atoms with van der Waals surface area (Å²) in [6.07, 6.45) is 12.9. The highest BCUT2D eigenvalue weighted by Crippen LogP contribution is 2.34. The molecule has 3 nitrogen and oxygen atoms in total. The first-order chi connectivity index (χ1) is 9.22. The van der Waals surface area contributed by atoms with E-state index in [1.165, 1.54) is 0 Å². The van der Waals surface area contributed by atoms with Crippen molar-refractivity contribution in [3.05, 3.63) is 52.6 Å². The molecule has 1 aromatic rings. The molecule has 0 atom stereocenters. The molecule has 0 unspecified atom stereocenters. The molecule has 3 rings (SSSR count). The number of hydrogen-bond acceptors (Lipinski definition) is 2. The van der Waals surface area contributed by atoms with Crippen LogP contribution in [-0.4, -0.2) is 9.67 Å². The van der Waals surface area contributed by atoms with Gasteiger partial charge in [0.1, 0.15) is 5.76 Å². The van der Waals surface area contributed by atoms with Crippen LogP contribution in [0.25, 0.3) is 17.7 Å². The normalized spacial score (nSPS) is 16.6. The van der Waals surface area contributed by atoms with Crippen molar-refractivity contribution in [2.75, 3.05) is 0 Å². The number of nitriles is 1. The summed E-state index contributed by atoms with van der Waals surface area (Å²) in [4.78, 5) is 0. The molecule has 1 aromatic heterocycles. The summed E-state index contributed by atoms with van der Waals surface area (Å²) in [5.74, 6) is 0.275. The van der Waals surface area contributed by atoms with Crippen LogP contribution < -0.4 is 0 Å². The second-order valence-electron chi connectivity index (χ2n) is 4.71. The molecule has 0 spiro atoms. The predicted octanol–water partition coefficient (Wildman–Crippen LogP) is 3.36. The number of aromatic nitrogens is 1. The van der Waals surface area contributed by atoms with E-state index in [9.17, 15) is 10.4 Å². The van der Waals surface area contributed by atoms with Crippen molar-refractivity contribution in [1.29, 1.82) is 5.26 Å². The summed E-state index contributed by atoms with van der Waals surface area (Å²) in [5.41, 5.74) is 4.92. The first-order valence-corrected chi connectivity index (χ1v) is 6.28. The molecule has 0 bridgehead atoms. The number of aliphatic hydroxyl groups excluding tert-OH is 1. The van der Waals surface area contributed by atoms with Gasteiger partial charge in [0.15, 0.2) is 0 Å². The van der Waals surface area contributed by atoms with Crippen LogP contribution in [0.15, 0.2) is 30.1 Å². The fraction of sp³-hybridized carbons (Fsp3) is 0.188. The van der Waals surface area contributed by atoms with Gasteiger partial charge in [0.2, 0.25) is 0 Å². The highest BCUT2D eigenvalue weighted by molar-refractivity contribution is 5.89. The smallest absolute Gasteiger partial charge is 0.112 e. The second-order valence-corrected chi connectivity index (χ2v) is 4.71. The molecule has 0 radical (unpaired) electrons. The standard InChI is InChI=1S/C16H14N2O/c1-18-14-9-7-12(19)6-8-13(14)16-11(10-17)4-2-3-5-15(16)18/h3-8,19H,2,9H2,1H3. The summed E-state index contributed by atoms with van der Waals surface area (Å²) in [5, 5.41) is 19.0. The maximum atomic E-state index is 9.62. The van der Waals surface area contributed by atoms with E-state index in [0.717, 1.165) is 28.9 Å². The van der Waals surface area contributed by atoms with Crippen LogP contribution >= 0.6 is 0 Å². The number of hydrogen-bond donors (Lipinski definition) is 1. The van der Waals surface area contributed by atoms with Crippen molar-refractivity contribution in [1.82, 2.24) is 4.57 Å². The molecule has 19 heavy (non-hydrogen) atoms. The van der Waals surface area contributed by atoms with Crippen LogP contribution in [0.4, 0.5) is 0 Å². The van der Waals surface area contributed by atoms with Crippen LogP contribution in [0.3, 0.4) is 0 Å². The molecule has 0 amide bonds. The summed E-state index contributed by atoms with van der Waals surface area (Å²) in [7, 11) is 2.01. The largest absolute Gasteiger partial charge is 0.508 e. The zero-order chi connectivity index (χ0) is 13.4. The van der Waals surface area contributed by atoms with Gasteiger partial charge in [-0.05, 0) is 30.7 Å². The monoisotopic (exact) mass is 250 g/mol. The molecule has 2 aliphatic rings. The van der Waals surface area contributed by atoms with Gasteiger partial charge in [0.05, 0.1) is 11.6 Å². The molecular formula is C16H14N2O. The van der Waals surface area contributed by atoms with Gasteiger partial charge in [-0.2, -0.15) is 5.26 Å². The number of allylic oxidation sites excluding steroid dienone is 5. The molecule has 0 fully saturated rings. The molecule has 94 valence electrons. The van der Waals surface area contributed by atoms with Gasteiger partial charge in [-0.15, -0.1) is 0 Å². The van der Waals surface area contributed by atoms with Crippen molar-refractivity contribution in [3.8, 4) is 6.07 Å². The Hall–Kier alpha value is -2.47. The highest BCUT2D eigenvalue weighted by atomic mass is 16.3. The second kappa shape index (κ2) is 4.33. The number of aliphatic hydroxyl groups is 1. The maximum Gasteiger partial charge on any atom is 0.112 e. The lowest BCUT2D eigenvalue weighted by Crippen LogP contribution is -1.98. The van der Waals surface area contributed by atoms with E-state index in [1.54, 1.807) is 12.2 Å². The summed E-state index contributed by atoms with van der Waals surface area (Å²) in [6, 6.07) is 2.29. The Balaban J connectivity index is 2.32. The van der Waals surface area contributed by atoms with Gasteiger partial charge in [-0.1, -0.05) is 12.2 Å². The van der Waals surface area contributed by atoms with Crippen molar-refractivity contribution >= 4 is 17.7 Å². The van der Waals surface area contributed by atoms with Gasteiger partial charge < -0.3 is 9.67 Å². The minimum absolute atomic E-state index is 0.275. The molecule has 0 aliphatic heterocycles. The Kier molecular flexibility index (Phi) is 2.64. The van der Waals surface area contributed by atoms with E-state index in [0.29, 0.717) is 12.0 Å².